The molecule has 0 bridgehead atoms. The molecule has 4 aliphatic rings. The summed E-state index contributed by atoms with van der Waals surface area (Å²) in [6, 6.07) is 15.3. The number of benzene rings is 1. The second kappa shape index (κ2) is 7.27. The smallest absolute Gasteiger partial charge is 0.236 e. The zero-order chi connectivity index (χ0) is 19.2. The second-order valence-electron chi connectivity index (χ2n) is 9.50. The first-order valence-corrected chi connectivity index (χ1v) is 11.7. The fourth-order valence-electron chi connectivity index (χ4n) is 6.48. The van der Waals surface area contributed by atoms with E-state index in [-0.39, 0.29) is 12.1 Å². The van der Waals surface area contributed by atoms with Gasteiger partial charge in [-0.15, -0.1) is 0 Å². The van der Waals surface area contributed by atoms with Gasteiger partial charge in [0, 0.05) is 18.0 Å². The highest BCUT2D eigenvalue weighted by Crippen LogP contribution is 2.47. The Labute approximate surface area is 173 Å². The van der Waals surface area contributed by atoms with Gasteiger partial charge in [-0.2, -0.15) is 0 Å². The van der Waals surface area contributed by atoms with E-state index in [9.17, 15) is 0 Å². The quantitative estimate of drug-likeness (QED) is 0.647. The van der Waals surface area contributed by atoms with Gasteiger partial charge in [0.2, 0.25) is 5.90 Å². The van der Waals surface area contributed by atoms with Crippen LogP contribution in [-0.2, 0) is 11.2 Å². The van der Waals surface area contributed by atoms with Gasteiger partial charge < -0.3 is 4.74 Å². The summed E-state index contributed by atoms with van der Waals surface area (Å²) in [7, 11) is 0. The Morgan fingerprint density at radius 1 is 0.828 bits per heavy atom. The molecule has 3 heteroatoms. The first-order valence-electron chi connectivity index (χ1n) is 11.7. The Morgan fingerprint density at radius 3 is 2.31 bits per heavy atom. The Bertz CT molecular complexity index is 908. The molecule has 1 aromatic heterocycles. The minimum Gasteiger partial charge on any atom is -0.470 e. The molecule has 0 spiro atoms. The first kappa shape index (κ1) is 17.7. The van der Waals surface area contributed by atoms with Crippen molar-refractivity contribution in [1.82, 2.24) is 4.98 Å². The summed E-state index contributed by atoms with van der Waals surface area (Å²) < 4.78 is 6.33. The summed E-state index contributed by atoms with van der Waals surface area (Å²) in [5, 5.41) is 0. The van der Waals surface area contributed by atoms with E-state index in [0.29, 0.717) is 5.92 Å². The van der Waals surface area contributed by atoms with Crippen molar-refractivity contribution >= 4 is 5.90 Å². The number of hydrogen-bond acceptors (Lipinski definition) is 3. The lowest BCUT2D eigenvalue weighted by Crippen LogP contribution is -2.21. The minimum atomic E-state index is 0.145. The molecular formula is C26H30N2O. The van der Waals surface area contributed by atoms with E-state index in [1.165, 1.54) is 68.2 Å². The van der Waals surface area contributed by atoms with Crippen LogP contribution < -0.4 is 0 Å². The second-order valence-corrected chi connectivity index (χ2v) is 9.50. The van der Waals surface area contributed by atoms with Gasteiger partial charge in [0.25, 0.3) is 0 Å². The monoisotopic (exact) mass is 386 g/mol. The molecule has 0 amide bonds. The lowest BCUT2D eigenvalue weighted by atomic mass is 9.77. The van der Waals surface area contributed by atoms with Crippen molar-refractivity contribution in [2.45, 2.75) is 75.9 Å². The van der Waals surface area contributed by atoms with Crippen molar-refractivity contribution in [3.05, 3.63) is 65.0 Å². The molecule has 1 aliphatic heterocycles. The van der Waals surface area contributed by atoms with Gasteiger partial charge >= 0.3 is 0 Å². The van der Waals surface area contributed by atoms with Crippen LogP contribution >= 0.6 is 0 Å². The molecule has 1 aromatic carbocycles. The van der Waals surface area contributed by atoms with E-state index >= 15 is 0 Å². The van der Waals surface area contributed by atoms with E-state index in [0.717, 1.165) is 29.8 Å². The lowest BCUT2D eigenvalue weighted by molar-refractivity contribution is 0.206. The maximum Gasteiger partial charge on any atom is 0.236 e. The van der Waals surface area contributed by atoms with Crippen molar-refractivity contribution in [3.63, 3.8) is 0 Å². The van der Waals surface area contributed by atoms with E-state index in [2.05, 4.69) is 42.5 Å². The maximum atomic E-state index is 6.33. The van der Waals surface area contributed by atoms with Crippen molar-refractivity contribution in [2.24, 2.45) is 16.8 Å². The molecule has 2 saturated carbocycles. The zero-order valence-electron chi connectivity index (χ0n) is 17.1. The first-order chi connectivity index (χ1) is 14.4. The number of rotatable bonds is 4. The minimum absolute atomic E-state index is 0.145. The number of ether oxygens (including phenoxy) is 1. The number of aromatic nitrogens is 1. The molecule has 29 heavy (non-hydrogen) atoms. The standard InChI is InChI=1S/C26H30N2O/c1-2-9-17(8-1)24(18-10-3-4-11-18)21-14-7-15-22(27-21)26-28-25-20-13-6-5-12-19(20)16-23(25)29-26/h5-7,12-15,17-18,23-25H,1-4,8-11,16H2. The number of fused-ring (bicyclic) bond motifs is 3. The molecule has 3 nitrogen and oxygen atoms in total. The van der Waals surface area contributed by atoms with Crippen LogP contribution in [0.1, 0.15) is 85.8 Å². The maximum absolute atomic E-state index is 6.33. The molecule has 0 N–H and O–H groups in total. The highest BCUT2D eigenvalue weighted by atomic mass is 16.5. The SMILES string of the molecule is c1cc(C2=NC3c4ccccc4CC3O2)nc(C(C2CCCC2)C2CCCC2)c1. The molecule has 2 heterocycles. The van der Waals surface area contributed by atoms with Crippen LogP contribution in [-0.4, -0.2) is 17.0 Å². The van der Waals surface area contributed by atoms with E-state index in [1.54, 1.807) is 0 Å². The average molecular weight is 387 g/mol. The summed E-state index contributed by atoms with van der Waals surface area (Å²) in [6.45, 7) is 0. The highest BCUT2D eigenvalue weighted by Gasteiger charge is 2.40. The van der Waals surface area contributed by atoms with Crippen LogP contribution in [0.5, 0.6) is 0 Å². The average Bonchev–Trinajstić information content (AvgIpc) is 3.53. The third-order valence-corrected chi connectivity index (χ3v) is 7.81. The fourth-order valence-corrected chi connectivity index (χ4v) is 6.48. The number of pyridine rings is 1. The van der Waals surface area contributed by atoms with Gasteiger partial charge in [-0.05, 0) is 60.8 Å². The summed E-state index contributed by atoms with van der Waals surface area (Å²) in [6.07, 6.45) is 12.2. The Kier molecular flexibility index (Phi) is 4.43. The van der Waals surface area contributed by atoms with Crippen molar-refractivity contribution < 1.29 is 4.74 Å². The topological polar surface area (TPSA) is 34.5 Å². The van der Waals surface area contributed by atoms with E-state index < -0.39 is 0 Å². The third-order valence-electron chi connectivity index (χ3n) is 7.81. The summed E-state index contributed by atoms with van der Waals surface area (Å²) in [4.78, 5) is 10.2. The molecule has 0 radical (unpaired) electrons. The van der Waals surface area contributed by atoms with Gasteiger partial charge in [-0.25, -0.2) is 9.98 Å². The molecule has 2 atom stereocenters. The largest absolute Gasteiger partial charge is 0.470 e. The Morgan fingerprint density at radius 2 is 1.55 bits per heavy atom. The summed E-state index contributed by atoms with van der Waals surface area (Å²) in [5.74, 6) is 3.02. The molecule has 3 aliphatic carbocycles. The van der Waals surface area contributed by atoms with Gasteiger partial charge in [0.15, 0.2) is 0 Å². The fraction of sp³-hybridized carbons (Fsp3) is 0.538. The molecule has 150 valence electrons. The van der Waals surface area contributed by atoms with Crippen LogP contribution in [0.15, 0.2) is 47.5 Å². The van der Waals surface area contributed by atoms with Gasteiger partial charge in [0.1, 0.15) is 17.8 Å². The van der Waals surface area contributed by atoms with Crippen LogP contribution in [0.25, 0.3) is 0 Å². The molecule has 0 saturated heterocycles. The molecule has 2 fully saturated rings. The van der Waals surface area contributed by atoms with Crippen LogP contribution in [0, 0.1) is 11.8 Å². The van der Waals surface area contributed by atoms with Gasteiger partial charge in [0.05, 0.1) is 0 Å². The zero-order valence-corrected chi connectivity index (χ0v) is 17.1. The Hall–Kier alpha value is -2.16. The molecule has 2 aromatic rings. The molecule has 6 rings (SSSR count). The van der Waals surface area contributed by atoms with Crippen LogP contribution in [0.4, 0.5) is 0 Å². The number of hydrogen-bond donors (Lipinski definition) is 0. The molecule has 2 unspecified atom stereocenters. The number of aliphatic imine (C=N–C) groups is 1. The van der Waals surface area contributed by atoms with Gasteiger partial charge in [-0.3, -0.25) is 0 Å². The van der Waals surface area contributed by atoms with Gasteiger partial charge in [-0.1, -0.05) is 56.0 Å². The lowest BCUT2D eigenvalue weighted by Gasteiger charge is -2.29. The predicted octanol–water partition coefficient (Wildman–Crippen LogP) is 5.99. The van der Waals surface area contributed by atoms with Crippen LogP contribution in [0.2, 0.25) is 0 Å². The Balaban J connectivity index is 1.31. The van der Waals surface area contributed by atoms with E-state index in [4.69, 9.17) is 14.7 Å². The van der Waals surface area contributed by atoms with Crippen molar-refractivity contribution in [3.8, 4) is 0 Å². The normalized spacial score (nSPS) is 26.6. The highest BCUT2D eigenvalue weighted by molar-refractivity contribution is 5.94. The summed E-state index contributed by atoms with van der Waals surface area (Å²) >= 11 is 0. The number of nitrogens with zero attached hydrogens (tertiary/aromatic N) is 2. The summed E-state index contributed by atoms with van der Waals surface area (Å²) in [5.41, 5.74) is 4.95. The molecular weight excluding hydrogens is 356 g/mol. The third kappa shape index (κ3) is 3.10. The van der Waals surface area contributed by atoms with Crippen molar-refractivity contribution in [1.29, 1.82) is 0 Å². The predicted molar refractivity (Wildman–Crippen MR) is 115 cm³/mol. The van der Waals surface area contributed by atoms with Crippen LogP contribution in [0.3, 0.4) is 0 Å². The van der Waals surface area contributed by atoms with Crippen molar-refractivity contribution in [2.75, 3.05) is 0 Å². The van der Waals surface area contributed by atoms with E-state index in [1.807, 2.05) is 0 Å².